The smallest absolute Gasteiger partial charge is 0.416 e. The van der Waals surface area contributed by atoms with Gasteiger partial charge in [-0.15, -0.1) is 0 Å². The predicted octanol–water partition coefficient (Wildman–Crippen LogP) is 4.63. The van der Waals surface area contributed by atoms with Crippen molar-refractivity contribution in [1.29, 1.82) is 0 Å². The molecule has 128 valence electrons. The zero-order valence-corrected chi connectivity index (χ0v) is 13.5. The van der Waals surface area contributed by atoms with E-state index in [1.165, 1.54) is 38.5 Å². The summed E-state index contributed by atoms with van der Waals surface area (Å²) < 4.78 is 47.7. The number of methoxy groups -OCH3 is 2. The molecule has 24 heavy (non-hydrogen) atoms. The van der Waals surface area contributed by atoms with Crippen LogP contribution < -0.4 is 14.8 Å². The van der Waals surface area contributed by atoms with Gasteiger partial charge in [0.2, 0.25) is 0 Å². The summed E-state index contributed by atoms with van der Waals surface area (Å²) in [6.45, 7) is 0. The Morgan fingerprint density at radius 3 is 2.21 bits per heavy atom. The average Bonchev–Trinajstić information content (AvgIpc) is 2.53. The van der Waals surface area contributed by atoms with Crippen molar-refractivity contribution in [2.75, 3.05) is 19.5 Å². The lowest BCUT2D eigenvalue weighted by Gasteiger charge is -2.12. The van der Waals surface area contributed by atoms with Crippen LogP contribution in [0.5, 0.6) is 11.5 Å². The molecule has 0 saturated carbocycles. The Labute approximate surface area is 141 Å². The normalized spacial score (nSPS) is 11.1. The maximum atomic E-state index is 12.5. The standard InChI is InChI=1S/C16H13ClF3NO3/c1-23-13-8-9(7-12(17)14(13)24-2)15(22)21-11-5-3-10(4-6-11)16(18,19)20/h3-8H,1-2H3,(H,21,22). The molecule has 0 aromatic heterocycles. The van der Waals surface area contributed by atoms with Gasteiger partial charge >= 0.3 is 6.18 Å². The van der Waals surface area contributed by atoms with Crippen molar-refractivity contribution in [3.63, 3.8) is 0 Å². The number of hydrogen-bond donors (Lipinski definition) is 1. The van der Waals surface area contributed by atoms with Crippen LogP contribution in [0.3, 0.4) is 0 Å². The second kappa shape index (κ2) is 7.00. The van der Waals surface area contributed by atoms with Crippen LogP contribution in [0.25, 0.3) is 0 Å². The highest BCUT2D eigenvalue weighted by Crippen LogP contribution is 2.36. The van der Waals surface area contributed by atoms with Crippen LogP contribution in [0.15, 0.2) is 36.4 Å². The molecule has 0 unspecified atom stereocenters. The van der Waals surface area contributed by atoms with Gasteiger partial charge in [0.1, 0.15) is 0 Å². The van der Waals surface area contributed by atoms with Crippen LogP contribution in [0.2, 0.25) is 5.02 Å². The van der Waals surface area contributed by atoms with Crippen molar-refractivity contribution in [2.45, 2.75) is 6.18 Å². The Kier molecular flexibility index (Phi) is 5.23. The van der Waals surface area contributed by atoms with Crippen molar-refractivity contribution >= 4 is 23.2 Å². The van der Waals surface area contributed by atoms with E-state index in [1.807, 2.05) is 0 Å². The lowest BCUT2D eigenvalue weighted by Crippen LogP contribution is -2.13. The van der Waals surface area contributed by atoms with Gasteiger partial charge in [-0.1, -0.05) is 11.6 Å². The van der Waals surface area contributed by atoms with E-state index >= 15 is 0 Å². The zero-order valence-electron chi connectivity index (χ0n) is 12.7. The third-order valence-corrected chi connectivity index (χ3v) is 3.45. The summed E-state index contributed by atoms with van der Waals surface area (Å²) in [5.41, 5.74) is -0.397. The highest BCUT2D eigenvalue weighted by atomic mass is 35.5. The molecule has 0 saturated heterocycles. The fourth-order valence-electron chi connectivity index (χ4n) is 1.99. The number of anilines is 1. The molecule has 0 fully saturated rings. The molecule has 8 heteroatoms. The molecular weight excluding hydrogens is 347 g/mol. The van der Waals surface area contributed by atoms with Crippen molar-refractivity contribution in [1.82, 2.24) is 0 Å². The zero-order chi connectivity index (χ0) is 17.9. The summed E-state index contributed by atoms with van der Waals surface area (Å²) in [7, 11) is 2.80. The summed E-state index contributed by atoms with van der Waals surface area (Å²) in [5.74, 6) is 0.00503. The quantitative estimate of drug-likeness (QED) is 0.866. The van der Waals surface area contributed by atoms with Gasteiger partial charge in [-0.2, -0.15) is 13.2 Å². The van der Waals surface area contributed by atoms with Gasteiger partial charge in [0.15, 0.2) is 11.5 Å². The number of rotatable bonds is 4. The molecule has 4 nitrogen and oxygen atoms in total. The van der Waals surface area contributed by atoms with E-state index in [1.54, 1.807) is 0 Å². The first kappa shape index (κ1) is 17.9. The van der Waals surface area contributed by atoms with Gasteiger partial charge < -0.3 is 14.8 Å². The Hall–Kier alpha value is -2.41. The largest absolute Gasteiger partial charge is 0.493 e. The van der Waals surface area contributed by atoms with E-state index in [0.717, 1.165) is 12.1 Å². The highest BCUT2D eigenvalue weighted by molar-refractivity contribution is 6.32. The summed E-state index contributed by atoms with van der Waals surface area (Å²) in [6.07, 6.45) is -4.43. The van der Waals surface area contributed by atoms with Crippen LogP contribution in [0.4, 0.5) is 18.9 Å². The minimum atomic E-state index is -4.43. The van der Waals surface area contributed by atoms with Gasteiger partial charge in [-0.3, -0.25) is 4.79 Å². The number of amides is 1. The number of benzene rings is 2. The van der Waals surface area contributed by atoms with Gasteiger partial charge in [0, 0.05) is 11.3 Å². The maximum absolute atomic E-state index is 12.5. The molecule has 0 aliphatic heterocycles. The van der Waals surface area contributed by atoms with E-state index in [-0.39, 0.29) is 27.8 Å². The summed E-state index contributed by atoms with van der Waals surface area (Å²) in [6, 6.07) is 6.91. The molecule has 0 aliphatic rings. The predicted molar refractivity (Wildman–Crippen MR) is 84.0 cm³/mol. The second-order valence-corrected chi connectivity index (χ2v) is 5.13. The first-order valence-electron chi connectivity index (χ1n) is 6.66. The molecule has 1 amide bonds. The first-order valence-corrected chi connectivity index (χ1v) is 7.04. The molecule has 0 heterocycles. The molecule has 0 spiro atoms. The number of halogens is 4. The third-order valence-electron chi connectivity index (χ3n) is 3.17. The second-order valence-electron chi connectivity index (χ2n) is 4.72. The maximum Gasteiger partial charge on any atom is 0.416 e. The number of hydrogen-bond acceptors (Lipinski definition) is 3. The van der Waals surface area contributed by atoms with Gasteiger partial charge in [0.25, 0.3) is 5.91 Å². The fraction of sp³-hybridized carbons (Fsp3) is 0.188. The number of carbonyl (C=O) groups is 1. The van der Waals surface area contributed by atoms with Crippen molar-refractivity contribution in [2.24, 2.45) is 0 Å². The molecule has 2 aromatic carbocycles. The molecule has 0 aliphatic carbocycles. The molecule has 1 N–H and O–H groups in total. The van der Waals surface area contributed by atoms with Crippen LogP contribution in [-0.2, 0) is 6.18 Å². The van der Waals surface area contributed by atoms with E-state index in [0.29, 0.717) is 0 Å². The number of alkyl halides is 3. The summed E-state index contributed by atoms with van der Waals surface area (Å²) >= 11 is 6.02. The Morgan fingerprint density at radius 2 is 1.71 bits per heavy atom. The average molecular weight is 360 g/mol. The Morgan fingerprint density at radius 1 is 1.08 bits per heavy atom. The fourth-order valence-corrected chi connectivity index (χ4v) is 2.28. The minimum absolute atomic E-state index is 0.175. The molecule has 0 bridgehead atoms. The first-order chi connectivity index (χ1) is 11.3. The monoisotopic (exact) mass is 359 g/mol. The topological polar surface area (TPSA) is 47.6 Å². The SMILES string of the molecule is COc1cc(C(=O)Nc2ccc(C(F)(F)F)cc2)cc(Cl)c1OC. The lowest BCUT2D eigenvalue weighted by molar-refractivity contribution is -0.137. The third kappa shape index (κ3) is 3.91. The molecular formula is C16H13ClF3NO3. The van der Waals surface area contributed by atoms with Crippen molar-refractivity contribution in [3.05, 3.63) is 52.5 Å². The van der Waals surface area contributed by atoms with E-state index in [2.05, 4.69) is 5.32 Å². The minimum Gasteiger partial charge on any atom is -0.493 e. The summed E-state index contributed by atoms with van der Waals surface area (Å²) in [4.78, 5) is 12.2. The lowest BCUT2D eigenvalue weighted by atomic mass is 10.1. The van der Waals surface area contributed by atoms with Gasteiger partial charge in [0.05, 0.1) is 24.8 Å². The van der Waals surface area contributed by atoms with E-state index in [4.69, 9.17) is 21.1 Å². The summed E-state index contributed by atoms with van der Waals surface area (Å²) in [5, 5.41) is 2.67. The molecule has 0 radical (unpaired) electrons. The highest BCUT2D eigenvalue weighted by Gasteiger charge is 2.30. The molecule has 0 atom stereocenters. The molecule has 2 aromatic rings. The van der Waals surface area contributed by atoms with Crippen LogP contribution >= 0.6 is 11.6 Å². The Balaban J connectivity index is 2.22. The Bertz CT molecular complexity index is 745. The van der Waals surface area contributed by atoms with Crippen molar-refractivity contribution < 1.29 is 27.4 Å². The number of nitrogens with one attached hydrogen (secondary N) is 1. The van der Waals surface area contributed by atoms with Crippen LogP contribution in [0.1, 0.15) is 15.9 Å². The van der Waals surface area contributed by atoms with Gasteiger partial charge in [-0.25, -0.2) is 0 Å². The van der Waals surface area contributed by atoms with Gasteiger partial charge in [-0.05, 0) is 36.4 Å². The van der Waals surface area contributed by atoms with E-state index < -0.39 is 17.6 Å². The van der Waals surface area contributed by atoms with Crippen LogP contribution in [0, 0.1) is 0 Å². The van der Waals surface area contributed by atoms with Crippen molar-refractivity contribution in [3.8, 4) is 11.5 Å². The van der Waals surface area contributed by atoms with E-state index in [9.17, 15) is 18.0 Å². The van der Waals surface area contributed by atoms with Crippen LogP contribution in [-0.4, -0.2) is 20.1 Å². The number of carbonyl (C=O) groups excluding carboxylic acids is 1. The molecule has 2 rings (SSSR count). The number of ether oxygens (including phenoxy) is 2.